The first-order valence-electron chi connectivity index (χ1n) is 13.7. The van der Waals surface area contributed by atoms with Crippen molar-refractivity contribution < 1.29 is 14.2 Å². The second kappa shape index (κ2) is 15.3. The summed E-state index contributed by atoms with van der Waals surface area (Å²) < 4.78 is 19.7. The van der Waals surface area contributed by atoms with Gasteiger partial charge in [0.15, 0.2) is 17.2 Å². The molecular formula is C32H34Br2N6O3Si. The van der Waals surface area contributed by atoms with E-state index in [-0.39, 0.29) is 0 Å². The van der Waals surface area contributed by atoms with Crippen LogP contribution in [0.25, 0.3) is 22.4 Å². The smallest absolute Gasteiger partial charge is 0.161 e. The Hall–Kier alpha value is -3.76. The first kappa shape index (κ1) is 33.1. The van der Waals surface area contributed by atoms with Gasteiger partial charge in [0.05, 0.1) is 32.3 Å². The molecule has 5 aromatic rings. The van der Waals surface area contributed by atoms with Crippen LogP contribution in [0.5, 0.6) is 11.5 Å². The molecule has 0 saturated heterocycles. The number of methoxy groups -OCH3 is 2. The Kier molecular flexibility index (Phi) is 11.5. The highest BCUT2D eigenvalue weighted by Crippen LogP contribution is 2.29. The molecule has 0 spiro atoms. The maximum Gasteiger partial charge on any atom is 0.161 e. The van der Waals surface area contributed by atoms with Crippen LogP contribution >= 0.6 is 31.9 Å². The van der Waals surface area contributed by atoms with Crippen molar-refractivity contribution in [2.24, 2.45) is 0 Å². The number of anilines is 1. The summed E-state index contributed by atoms with van der Waals surface area (Å²) in [4.78, 5) is 17.2. The highest BCUT2D eigenvalue weighted by atomic mass is 79.9. The molecule has 0 aliphatic rings. The monoisotopic (exact) mass is 736 g/mol. The second-order valence-electron chi connectivity index (χ2n) is 10.8. The first-order valence-corrected chi connectivity index (χ1v) is 19.0. The number of halogens is 2. The lowest BCUT2D eigenvalue weighted by molar-refractivity contribution is 0.0909. The summed E-state index contributed by atoms with van der Waals surface area (Å²) in [7, 11) is 2.18. The Balaban J connectivity index is 0.000000215. The summed E-state index contributed by atoms with van der Waals surface area (Å²) in [6.07, 6.45) is 3.26. The third-order valence-corrected chi connectivity index (χ3v) is 8.83. The number of fused-ring (bicyclic) bond motifs is 1. The minimum atomic E-state index is -1.11. The Morgan fingerprint density at radius 2 is 1.45 bits per heavy atom. The average molecular weight is 739 g/mol. The van der Waals surface area contributed by atoms with E-state index in [1.165, 1.54) is 6.20 Å². The largest absolute Gasteiger partial charge is 0.497 e. The molecule has 3 heterocycles. The normalized spacial score (nSPS) is 10.9. The van der Waals surface area contributed by atoms with Crippen LogP contribution in [0.2, 0.25) is 25.7 Å². The van der Waals surface area contributed by atoms with Gasteiger partial charge in [0, 0.05) is 20.2 Å². The number of ether oxygens (including phenoxy) is 3. The van der Waals surface area contributed by atoms with E-state index in [1.807, 2.05) is 48.5 Å². The molecule has 0 saturated carbocycles. The zero-order chi connectivity index (χ0) is 31.7. The molecule has 5 rings (SSSR count). The van der Waals surface area contributed by atoms with Crippen LogP contribution < -0.4 is 15.2 Å². The van der Waals surface area contributed by atoms with E-state index in [1.54, 1.807) is 20.4 Å². The summed E-state index contributed by atoms with van der Waals surface area (Å²) in [5, 5.41) is 0. The van der Waals surface area contributed by atoms with Crippen molar-refractivity contribution in [1.82, 2.24) is 24.5 Å². The fraction of sp³-hybridized carbons (Fsp3) is 0.250. The fourth-order valence-corrected chi connectivity index (χ4v) is 5.27. The molecule has 0 radical (unpaired) electrons. The van der Waals surface area contributed by atoms with Gasteiger partial charge in [-0.1, -0.05) is 25.6 Å². The van der Waals surface area contributed by atoms with Gasteiger partial charge in [-0.05, 0) is 104 Å². The summed E-state index contributed by atoms with van der Waals surface area (Å²) >= 11 is 6.63. The number of nitrogen functional groups attached to an aromatic ring is 1. The van der Waals surface area contributed by atoms with Gasteiger partial charge >= 0.3 is 0 Å². The topological polar surface area (TPSA) is 110 Å². The summed E-state index contributed by atoms with van der Waals surface area (Å²) in [5.74, 6) is 7.81. The molecule has 0 atom stereocenters. The number of benzene rings is 2. The van der Waals surface area contributed by atoms with Crippen molar-refractivity contribution in [3.63, 3.8) is 0 Å². The molecule has 228 valence electrons. The summed E-state index contributed by atoms with van der Waals surface area (Å²) in [6.45, 7) is 8.29. The molecule has 3 aromatic heterocycles. The van der Waals surface area contributed by atoms with Gasteiger partial charge in [0.2, 0.25) is 0 Å². The molecule has 2 aromatic carbocycles. The van der Waals surface area contributed by atoms with Gasteiger partial charge in [-0.15, -0.1) is 0 Å². The third kappa shape index (κ3) is 9.37. The Morgan fingerprint density at radius 3 is 2.09 bits per heavy atom. The number of rotatable bonds is 8. The zero-order valence-corrected chi connectivity index (χ0v) is 29.4. The lowest BCUT2D eigenvalue weighted by atomic mass is 10.1. The van der Waals surface area contributed by atoms with Crippen LogP contribution in [0.15, 0.2) is 76.2 Å². The molecule has 0 unspecified atom stereocenters. The number of hydrogen-bond acceptors (Lipinski definition) is 8. The van der Waals surface area contributed by atoms with Gasteiger partial charge in [0.1, 0.15) is 33.0 Å². The van der Waals surface area contributed by atoms with E-state index in [0.717, 1.165) is 56.7 Å². The number of nitrogens with two attached hydrogens (primary N) is 1. The van der Waals surface area contributed by atoms with E-state index in [4.69, 9.17) is 19.9 Å². The van der Waals surface area contributed by atoms with Crippen LogP contribution in [0.3, 0.4) is 0 Å². The third-order valence-electron chi connectivity index (χ3n) is 6.36. The minimum absolute atomic E-state index is 0.319. The van der Waals surface area contributed by atoms with Gasteiger partial charge in [0.25, 0.3) is 0 Å². The standard InChI is InChI=1S/C19H24BrN3O2Si.C13H10BrN3O/c1-24-15-7-5-14(6-8-15)17-11-16-19(21-12-18(20)22-16)23(17)13-25-9-10-26(2,3)4;1-18-10-5-2-9(3-6-10)4-7-11-13(15)16-8-12(14)17-11/h5-8,11-12H,9-10,13H2,1-4H3;2-3,5-6,8H,1H3,(H2,15,16). The maximum absolute atomic E-state index is 5.99. The molecule has 0 amide bonds. The number of aromatic nitrogens is 5. The Labute approximate surface area is 275 Å². The van der Waals surface area contributed by atoms with E-state index in [2.05, 4.69) is 93.9 Å². The number of hydrogen-bond donors (Lipinski definition) is 1. The molecule has 12 heteroatoms. The summed E-state index contributed by atoms with van der Waals surface area (Å²) in [5.41, 5.74) is 10.8. The fourth-order valence-electron chi connectivity index (χ4n) is 3.94. The van der Waals surface area contributed by atoms with Crippen LogP contribution in [0.4, 0.5) is 5.82 Å². The SMILES string of the molecule is COc1ccc(-c2cc3nc(Br)cnc3n2COCC[Si](C)(C)C)cc1.COc1ccc(C#Cc2nc(Br)cnc2N)cc1. The Morgan fingerprint density at radius 1 is 0.841 bits per heavy atom. The minimum Gasteiger partial charge on any atom is -0.497 e. The quantitative estimate of drug-likeness (QED) is 0.0997. The Bertz CT molecular complexity index is 1760. The van der Waals surface area contributed by atoms with Gasteiger partial charge in [-0.2, -0.15) is 0 Å². The lowest BCUT2D eigenvalue weighted by Gasteiger charge is -2.16. The molecule has 44 heavy (non-hydrogen) atoms. The molecule has 0 aliphatic heterocycles. The van der Waals surface area contributed by atoms with Crippen LogP contribution in [0.1, 0.15) is 11.3 Å². The van der Waals surface area contributed by atoms with Crippen molar-refractivity contribution >= 4 is 56.9 Å². The van der Waals surface area contributed by atoms with Crippen molar-refractivity contribution in [3.05, 3.63) is 87.5 Å². The van der Waals surface area contributed by atoms with E-state index >= 15 is 0 Å². The van der Waals surface area contributed by atoms with E-state index in [9.17, 15) is 0 Å². The number of nitrogens with zero attached hydrogens (tertiary/aromatic N) is 5. The van der Waals surface area contributed by atoms with Crippen molar-refractivity contribution in [3.8, 4) is 34.6 Å². The molecule has 0 fully saturated rings. The van der Waals surface area contributed by atoms with Crippen LogP contribution in [-0.2, 0) is 11.5 Å². The lowest BCUT2D eigenvalue weighted by Crippen LogP contribution is -2.22. The van der Waals surface area contributed by atoms with Crippen LogP contribution in [0, 0.1) is 11.8 Å². The van der Waals surface area contributed by atoms with Gasteiger partial charge in [-0.3, -0.25) is 4.57 Å². The zero-order valence-electron chi connectivity index (χ0n) is 25.3. The highest BCUT2D eigenvalue weighted by molar-refractivity contribution is 9.10. The van der Waals surface area contributed by atoms with Crippen molar-refractivity contribution in [2.75, 3.05) is 26.6 Å². The van der Waals surface area contributed by atoms with Crippen LogP contribution in [-0.4, -0.2) is 53.4 Å². The molecule has 0 bridgehead atoms. The average Bonchev–Trinajstić information content (AvgIpc) is 3.37. The first-order chi connectivity index (χ1) is 21.1. The van der Waals surface area contributed by atoms with Gasteiger partial charge < -0.3 is 19.9 Å². The predicted molar refractivity (Wildman–Crippen MR) is 184 cm³/mol. The molecular weight excluding hydrogens is 704 g/mol. The second-order valence-corrected chi connectivity index (χ2v) is 18.1. The van der Waals surface area contributed by atoms with E-state index < -0.39 is 8.07 Å². The highest BCUT2D eigenvalue weighted by Gasteiger charge is 2.15. The van der Waals surface area contributed by atoms with Gasteiger partial charge in [-0.25, -0.2) is 19.9 Å². The van der Waals surface area contributed by atoms with Crippen molar-refractivity contribution in [2.45, 2.75) is 32.4 Å². The maximum atomic E-state index is 5.99. The predicted octanol–water partition coefficient (Wildman–Crippen LogP) is 7.41. The molecule has 2 N–H and O–H groups in total. The summed E-state index contributed by atoms with van der Waals surface area (Å²) in [6, 6.07) is 18.6. The molecule has 9 nitrogen and oxygen atoms in total. The van der Waals surface area contributed by atoms with Crippen molar-refractivity contribution in [1.29, 1.82) is 0 Å². The molecule has 0 aliphatic carbocycles. The van der Waals surface area contributed by atoms with E-state index in [0.29, 0.717) is 22.8 Å².